The third kappa shape index (κ3) is 3.21. The van der Waals surface area contributed by atoms with Crippen molar-refractivity contribution in [1.82, 2.24) is 4.90 Å². The molecule has 5 nitrogen and oxygen atoms in total. The van der Waals surface area contributed by atoms with E-state index in [0.717, 1.165) is 36.0 Å². The summed E-state index contributed by atoms with van der Waals surface area (Å²) in [4.78, 5) is 29.9. The van der Waals surface area contributed by atoms with Crippen LogP contribution in [0.4, 0.5) is 5.69 Å². The number of rotatable bonds is 3. The van der Waals surface area contributed by atoms with Crippen LogP contribution in [0.1, 0.15) is 47.9 Å². The number of anilines is 1. The normalized spacial score (nSPS) is 17.7. The number of morpholine rings is 1. The van der Waals surface area contributed by atoms with Crippen molar-refractivity contribution in [3.05, 3.63) is 41.5 Å². The number of hydrogen-bond donors (Lipinski definition) is 0. The second kappa shape index (κ2) is 6.64. The summed E-state index contributed by atoms with van der Waals surface area (Å²) in [6, 6.07) is 9.67. The van der Waals surface area contributed by atoms with E-state index in [1.54, 1.807) is 0 Å². The molecule has 0 N–H and O–H groups in total. The molecule has 2 aliphatic rings. The Kier molecular flexibility index (Phi) is 4.42. The monoisotopic (exact) mass is 366 g/mol. The first-order chi connectivity index (χ1) is 12.9. The number of ether oxygens (including phenoxy) is 1. The number of benzene rings is 2. The lowest BCUT2D eigenvalue weighted by atomic mass is 9.89. The summed E-state index contributed by atoms with van der Waals surface area (Å²) in [5, 5.41) is 1.77. The Bertz CT molecular complexity index is 885. The molecule has 27 heavy (non-hydrogen) atoms. The molecule has 4 rings (SSSR count). The molecule has 2 amide bonds. The highest BCUT2D eigenvalue weighted by atomic mass is 16.5. The molecule has 0 aromatic heterocycles. The third-order valence-electron chi connectivity index (χ3n) is 5.41. The SMILES string of the molecule is CC(C)(C)CCN1C(=O)c2cccc3c(N4CCOCC4)ccc(c23)C1=O. The summed E-state index contributed by atoms with van der Waals surface area (Å²) in [7, 11) is 0. The summed E-state index contributed by atoms with van der Waals surface area (Å²) in [6.45, 7) is 9.83. The Morgan fingerprint density at radius 1 is 0.963 bits per heavy atom. The van der Waals surface area contributed by atoms with E-state index in [0.29, 0.717) is 30.9 Å². The second-order valence-electron chi connectivity index (χ2n) is 8.53. The van der Waals surface area contributed by atoms with E-state index in [4.69, 9.17) is 4.74 Å². The van der Waals surface area contributed by atoms with Crippen LogP contribution in [0.5, 0.6) is 0 Å². The Hall–Kier alpha value is -2.40. The van der Waals surface area contributed by atoms with Crippen LogP contribution < -0.4 is 4.90 Å². The molecule has 1 fully saturated rings. The summed E-state index contributed by atoms with van der Waals surface area (Å²) >= 11 is 0. The van der Waals surface area contributed by atoms with Crippen LogP contribution in [0.25, 0.3) is 10.8 Å². The lowest BCUT2D eigenvalue weighted by Gasteiger charge is -2.33. The lowest BCUT2D eigenvalue weighted by molar-refractivity contribution is 0.0595. The lowest BCUT2D eigenvalue weighted by Crippen LogP contribution is -2.42. The van der Waals surface area contributed by atoms with E-state index in [-0.39, 0.29) is 17.2 Å². The number of amides is 2. The van der Waals surface area contributed by atoms with Crippen molar-refractivity contribution in [2.75, 3.05) is 37.7 Å². The first kappa shape index (κ1) is 18.0. The zero-order valence-corrected chi connectivity index (χ0v) is 16.2. The van der Waals surface area contributed by atoms with Crippen LogP contribution in [-0.4, -0.2) is 49.6 Å². The van der Waals surface area contributed by atoms with Gasteiger partial charge in [0.05, 0.1) is 13.2 Å². The maximum Gasteiger partial charge on any atom is 0.261 e. The molecule has 2 aromatic rings. The molecule has 2 heterocycles. The molecule has 0 spiro atoms. The summed E-state index contributed by atoms with van der Waals surface area (Å²) < 4.78 is 5.46. The Balaban J connectivity index is 1.78. The van der Waals surface area contributed by atoms with E-state index >= 15 is 0 Å². The summed E-state index contributed by atoms with van der Waals surface area (Å²) in [6.07, 6.45) is 0.779. The van der Waals surface area contributed by atoms with Gasteiger partial charge in [0.2, 0.25) is 0 Å². The van der Waals surface area contributed by atoms with Crippen molar-refractivity contribution in [3.63, 3.8) is 0 Å². The minimum atomic E-state index is -0.179. The van der Waals surface area contributed by atoms with Crippen LogP contribution in [0.2, 0.25) is 0 Å². The first-order valence-electron chi connectivity index (χ1n) is 9.61. The molecule has 142 valence electrons. The average Bonchev–Trinajstić information content (AvgIpc) is 2.65. The second-order valence-corrected chi connectivity index (χ2v) is 8.53. The fraction of sp³-hybridized carbons (Fsp3) is 0.455. The van der Waals surface area contributed by atoms with Gasteiger partial charge in [0, 0.05) is 47.2 Å². The fourth-order valence-corrected chi connectivity index (χ4v) is 3.86. The predicted octanol–water partition coefficient (Wildman–Crippen LogP) is 3.71. The van der Waals surface area contributed by atoms with E-state index in [1.807, 2.05) is 30.3 Å². The molecule has 2 aliphatic heterocycles. The Morgan fingerprint density at radius 2 is 1.63 bits per heavy atom. The first-order valence-corrected chi connectivity index (χ1v) is 9.61. The van der Waals surface area contributed by atoms with E-state index < -0.39 is 0 Å². The highest BCUT2D eigenvalue weighted by molar-refractivity contribution is 6.26. The Morgan fingerprint density at radius 3 is 2.30 bits per heavy atom. The maximum absolute atomic E-state index is 13.1. The molecule has 2 aromatic carbocycles. The number of hydrogen-bond acceptors (Lipinski definition) is 4. The predicted molar refractivity (Wildman–Crippen MR) is 106 cm³/mol. The molecule has 0 atom stereocenters. The van der Waals surface area contributed by atoms with Crippen molar-refractivity contribution < 1.29 is 14.3 Å². The van der Waals surface area contributed by atoms with Gasteiger partial charge < -0.3 is 9.64 Å². The Labute approximate surface area is 159 Å². The minimum Gasteiger partial charge on any atom is -0.378 e. The van der Waals surface area contributed by atoms with Crippen molar-refractivity contribution in [2.45, 2.75) is 27.2 Å². The van der Waals surface area contributed by atoms with Gasteiger partial charge in [-0.15, -0.1) is 0 Å². The van der Waals surface area contributed by atoms with Gasteiger partial charge in [-0.1, -0.05) is 32.9 Å². The van der Waals surface area contributed by atoms with Crippen molar-refractivity contribution in [3.8, 4) is 0 Å². The highest BCUT2D eigenvalue weighted by Crippen LogP contribution is 2.36. The zero-order chi connectivity index (χ0) is 19.2. The van der Waals surface area contributed by atoms with Gasteiger partial charge >= 0.3 is 0 Å². The van der Waals surface area contributed by atoms with Gasteiger partial charge in [0.15, 0.2) is 0 Å². The van der Waals surface area contributed by atoms with Crippen LogP contribution in [0, 0.1) is 5.41 Å². The van der Waals surface area contributed by atoms with Gasteiger partial charge in [-0.25, -0.2) is 0 Å². The van der Waals surface area contributed by atoms with Crippen LogP contribution in [-0.2, 0) is 4.74 Å². The fourth-order valence-electron chi connectivity index (χ4n) is 3.86. The zero-order valence-electron chi connectivity index (χ0n) is 16.2. The molecule has 0 bridgehead atoms. The van der Waals surface area contributed by atoms with Crippen molar-refractivity contribution in [2.24, 2.45) is 5.41 Å². The summed E-state index contributed by atoms with van der Waals surface area (Å²) in [5.74, 6) is -0.358. The average molecular weight is 366 g/mol. The summed E-state index contributed by atoms with van der Waals surface area (Å²) in [5.41, 5.74) is 2.40. The van der Waals surface area contributed by atoms with E-state index in [2.05, 4.69) is 25.7 Å². The topological polar surface area (TPSA) is 49.9 Å². The maximum atomic E-state index is 13.1. The number of carbonyl (C=O) groups excluding carboxylic acids is 2. The van der Waals surface area contributed by atoms with Gasteiger partial charge in [-0.05, 0) is 30.0 Å². The van der Waals surface area contributed by atoms with Crippen molar-refractivity contribution >= 4 is 28.3 Å². The van der Waals surface area contributed by atoms with Gasteiger partial charge in [0.25, 0.3) is 11.8 Å². The molecular formula is C22H26N2O3. The number of nitrogens with zero attached hydrogens (tertiary/aromatic N) is 2. The van der Waals surface area contributed by atoms with Gasteiger partial charge in [0.1, 0.15) is 0 Å². The van der Waals surface area contributed by atoms with E-state index in [9.17, 15) is 9.59 Å². The van der Waals surface area contributed by atoms with E-state index in [1.165, 1.54) is 4.90 Å². The standard InChI is InChI=1S/C22H26N2O3/c1-22(2,3)9-10-24-20(25)16-6-4-5-15-18(23-11-13-27-14-12-23)8-7-17(19(15)16)21(24)26/h4-8H,9-14H2,1-3H3. The molecule has 0 unspecified atom stereocenters. The van der Waals surface area contributed by atoms with Gasteiger partial charge in [-0.2, -0.15) is 0 Å². The largest absolute Gasteiger partial charge is 0.378 e. The molecule has 0 saturated carbocycles. The van der Waals surface area contributed by atoms with Crippen molar-refractivity contribution in [1.29, 1.82) is 0 Å². The molecule has 0 aliphatic carbocycles. The number of carbonyl (C=O) groups is 2. The van der Waals surface area contributed by atoms with Crippen LogP contribution in [0.3, 0.4) is 0 Å². The molecular weight excluding hydrogens is 340 g/mol. The minimum absolute atomic E-state index is 0.0625. The quantitative estimate of drug-likeness (QED) is 0.777. The smallest absolute Gasteiger partial charge is 0.261 e. The van der Waals surface area contributed by atoms with Gasteiger partial charge in [-0.3, -0.25) is 14.5 Å². The molecule has 0 radical (unpaired) electrons. The van der Waals surface area contributed by atoms with Crippen LogP contribution >= 0.6 is 0 Å². The van der Waals surface area contributed by atoms with Crippen LogP contribution in [0.15, 0.2) is 30.3 Å². The molecule has 1 saturated heterocycles. The molecule has 5 heteroatoms. The third-order valence-corrected chi connectivity index (χ3v) is 5.41. The highest BCUT2D eigenvalue weighted by Gasteiger charge is 2.34. The number of imide groups is 1.